The second kappa shape index (κ2) is 7.01. The van der Waals surface area contributed by atoms with E-state index in [0.717, 1.165) is 10.6 Å². The summed E-state index contributed by atoms with van der Waals surface area (Å²) >= 11 is 9.40. The van der Waals surface area contributed by atoms with Crippen molar-refractivity contribution in [3.63, 3.8) is 0 Å². The second-order valence-corrected chi connectivity index (χ2v) is 6.94. The van der Waals surface area contributed by atoms with Crippen molar-refractivity contribution in [2.24, 2.45) is 0 Å². The first-order valence-electron chi connectivity index (χ1n) is 7.51. The van der Waals surface area contributed by atoms with Gasteiger partial charge < -0.3 is 9.84 Å². The molecule has 1 aliphatic rings. The van der Waals surface area contributed by atoms with E-state index in [9.17, 15) is 14.7 Å². The number of phenols is 1. The summed E-state index contributed by atoms with van der Waals surface area (Å²) in [6, 6.07) is 8.19. The van der Waals surface area contributed by atoms with Gasteiger partial charge in [-0.15, -0.1) is 0 Å². The number of aryl methyl sites for hydroxylation is 1. The number of nitrogens with zero attached hydrogens (tertiary/aromatic N) is 1. The number of anilines is 1. The molecule has 1 fully saturated rings. The molecule has 1 aliphatic heterocycles. The average molecular weight is 438 g/mol. The van der Waals surface area contributed by atoms with Crippen LogP contribution in [0.1, 0.15) is 11.1 Å². The Labute approximate surface area is 163 Å². The minimum Gasteiger partial charge on any atom is -0.504 e. The molecule has 2 N–H and O–H groups in total. The monoisotopic (exact) mass is 436 g/mol. The Hall–Kier alpha value is -2.51. The van der Waals surface area contributed by atoms with Crippen LogP contribution >= 0.6 is 27.5 Å². The number of halogens is 2. The van der Waals surface area contributed by atoms with Gasteiger partial charge in [-0.05, 0) is 42.8 Å². The van der Waals surface area contributed by atoms with Gasteiger partial charge in [-0.3, -0.25) is 15.0 Å². The van der Waals surface area contributed by atoms with E-state index in [-0.39, 0.29) is 22.6 Å². The Balaban J connectivity index is 2.01. The van der Waals surface area contributed by atoms with Crippen molar-refractivity contribution in [3.05, 3.63) is 56.5 Å². The van der Waals surface area contributed by atoms with E-state index < -0.39 is 11.8 Å². The lowest BCUT2D eigenvalue weighted by molar-refractivity contribution is -0.117. The van der Waals surface area contributed by atoms with Crippen LogP contribution in [-0.2, 0) is 9.59 Å². The SMILES string of the molecule is COc1cc(Br)cc(/C=C2/C(=O)NN(c3ccc(C)c(Cl)c3)C2=O)c1O. The molecule has 2 aromatic carbocycles. The molecule has 1 heterocycles. The van der Waals surface area contributed by atoms with Gasteiger partial charge in [-0.2, -0.15) is 0 Å². The Kier molecular flexibility index (Phi) is 4.93. The van der Waals surface area contributed by atoms with E-state index in [1.165, 1.54) is 13.2 Å². The van der Waals surface area contributed by atoms with E-state index >= 15 is 0 Å². The van der Waals surface area contributed by atoms with Crippen molar-refractivity contribution >= 4 is 51.1 Å². The lowest BCUT2D eigenvalue weighted by Gasteiger charge is -2.15. The first-order valence-corrected chi connectivity index (χ1v) is 8.68. The number of hydrazine groups is 1. The summed E-state index contributed by atoms with van der Waals surface area (Å²) in [5, 5.41) is 11.8. The normalized spacial score (nSPS) is 15.5. The van der Waals surface area contributed by atoms with Crippen LogP contribution in [0.5, 0.6) is 11.5 Å². The molecule has 0 saturated carbocycles. The quantitative estimate of drug-likeness (QED) is 0.568. The first kappa shape index (κ1) is 18.3. The van der Waals surface area contributed by atoms with E-state index in [2.05, 4.69) is 21.4 Å². The van der Waals surface area contributed by atoms with Gasteiger partial charge in [0, 0.05) is 15.1 Å². The second-order valence-electron chi connectivity index (χ2n) is 5.62. The summed E-state index contributed by atoms with van der Waals surface area (Å²) in [5.74, 6) is -1.07. The van der Waals surface area contributed by atoms with E-state index in [1.807, 2.05) is 6.92 Å². The van der Waals surface area contributed by atoms with Crippen LogP contribution < -0.4 is 15.2 Å². The van der Waals surface area contributed by atoms with E-state index in [1.54, 1.807) is 30.3 Å². The zero-order valence-electron chi connectivity index (χ0n) is 13.8. The van der Waals surface area contributed by atoms with Crippen molar-refractivity contribution in [2.75, 3.05) is 12.1 Å². The van der Waals surface area contributed by atoms with Gasteiger partial charge in [0.2, 0.25) is 0 Å². The fourth-order valence-electron chi connectivity index (χ4n) is 2.48. The molecular weight excluding hydrogens is 424 g/mol. The summed E-state index contributed by atoms with van der Waals surface area (Å²) in [6.45, 7) is 1.84. The molecule has 0 bridgehead atoms. The molecule has 0 spiro atoms. The van der Waals surface area contributed by atoms with Gasteiger partial charge in [-0.25, -0.2) is 5.01 Å². The minimum absolute atomic E-state index is 0.114. The van der Waals surface area contributed by atoms with Crippen LogP contribution in [0, 0.1) is 6.92 Å². The van der Waals surface area contributed by atoms with Crippen molar-refractivity contribution in [1.82, 2.24) is 5.43 Å². The number of ether oxygens (including phenoxy) is 1. The minimum atomic E-state index is -0.579. The van der Waals surface area contributed by atoms with Crippen LogP contribution in [0.2, 0.25) is 5.02 Å². The number of benzene rings is 2. The van der Waals surface area contributed by atoms with Crippen LogP contribution in [0.4, 0.5) is 5.69 Å². The lowest BCUT2D eigenvalue weighted by atomic mass is 10.1. The van der Waals surface area contributed by atoms with Crippen molar-refractivity contribution in [1.29, 1.82) is 0 Å². The molecule has 3 rings (SSSR count). The molecule has 8 heteroatoms. The zero-order chi connectivity index (χ0) is 19.0. The van der Waals surface area contributed by atoms with Gasteiger partial charge in [0.05, 0.1) is 12.8 Å². The van der Waals surface area contributed by atoms with Gasteiger partial charge in [-0.1, -0.05) is 33.6 Å². The third-order valence-electron chi connectivity index (χ3n) is 3.89. The molecule has 0 radical (unpaired) electrons. The van der Waals surface area contributed by atoms with E-state index in [0.29, 0.717) is 15.2 Å². The molecule has 26 heavy (non-hydrogen) atoms. The van der Waals surface area contributed by atoms with Crippen LogP contribution in [-0.4, -0.2) is 24.0 Å². The van der Waals surface area contributed by atoms with Gasteiger partial charge in [0.15, 0.2) is 11.5 Å². The Morgan fingerprint density at radius 3 is 2.65 bits per heavy atom. The summed E-state index contributed by atoms with van der Waals surface area (Å²) in [5.41, 5.74) is 3.96. The number of hydrogen-bond donors (Lipinski definition) is 2. The lowest BCUT2D eigenvalue weighted by Crippen LogP contribution is -2.35. The predicted molar refractivity (Wildman–Crippen MR) is 102 cm³/mol. The highest BCUT2D eigenvalue weighted by Gasteiger charge is 2.35. The molecule has 1 saturated heterocycles. The number of nitrogens with one attached hydrogen (secondary N) is 1. The largest absolute Gasteiger partial charge is 0.504 e. The average Bonchev–Trinajstić information content (AvgIpc) is 2.88. The number of carbonyl (C=O) groups is 2. The standard InChI is InChI=1S/C18H14BrClN2O4/c1-9-3-4-12(8-14(9)20)22-18(25)13(17(24)21-22)6-10-5-11(19)7-15(26-2)16(10)23/h3-8,23H,1-2H3,(H,21,24)/b13-6-. The number of rotatable bonds is 3. The summed E-state index contributed by atoms with van der Waals surface area (Å²) in [4.78, 5) is 25.0. The number of amides is 2. The number of methoxy groups -OCH3 is 1. The molecule has 0 aromatic heterocycles. The number of phenolic OH excluding ortho intramolecular Hbond substituents is 1. The molecule has 2 amide bonds. The summed E-state index contributed by atoms with van der Waals surface area (Å²) in [6.07, 6.45) is 1.32. The Morgan fingerprint density at radius 2 is 2.00 bits per heavy atom. The van der Waals surface area contributed by atoms with Gasteiger partial charge in [0.25, 0.3) is 11.8 Å². The summed E-state index contributed by atoms with van der Waals surface area (Å²) < 4.78 is 5.71. The van der Waals surface area contributed by atoms with Gasteiger partial charge in [0.1, 0.15) is 5.57 Å². The molecular formula is C18H14BrClN2O4. The van der Waals surface area contributed by atoms with E-state index in [4.69, 9.17) is 16.3 Å². The summed E-state index contributed by atoms with van der Waals surface area (Å²) in [7, 11) is 1.41. The predicted octanol–water partition coefficient (Wildman–Crippen LogP) is 3.59. The highest BCUT2D eigenvalue weighted by atomic mass is 79.9. The smallest absolute Gasteiger partial charge is 0.282 e. The highest BCUT2D eigenvalue weighted by molar-refractivity contribution is 9.10. The number of hydrogen-bond acceptors (Lipinski definition) is 4. The number of aromatic hydroxyl groups is 1. The molecule has 0 unspecified atom stereocenters. The Morgan fingerprint density at radius 1 is 1.27 bits per heavy atom. The maximum Gasteiger partial charge on any atom is 0.282 e. The first-order chi connectivity index (χ1) is 12.3. The van der Waals surface area contributed by atoms with Gasteiger partial charge >= 0.3 is 0 Å². The van der Waals surface area contributed by atoms with Crippen molar-refractivity contribution < 1.29 is 19.4 Å². The maximum atomic E-state index is 12.7. The van der Waals surface area contributed by atoms with Crippen LogP contribution in [0.25, 0.3) is 6.08 Å². The van der Waals surface area contributed by atoms with Crippen molar-refractivity contribution in [3.8, 4) is 11.5 Å². The third kappa shape index (κ3) is 3.27. The van der Waals surface area contributed by atoms with Crippen LogP contribution in [0.15, 0.2) is 40.4 Å². The highest BCUT2D eigenvalue weighted by Crippen LogP contribution is 2.35. The molecule has 2 aromatic rings. The molecule has 0 atom stereocenters. The number of carbonyl (C=O) groups excluding carboxylic acids is 2. The topological polar surface area (TPSA) is 78.9 Å². The zero-order valence-corrected chi connectivity index (χ0v) is 16.2. The fraction of sp³-hybridized carbons (Fsp3) is 0.111. The third-order valence-corrected chi connectivity index (χ3v) is 4.76. The molecule has 6 nitrogen and oxygen atoms in total. The Bertz CT molecular complexity index is 958. The molecule has 134 valence electrons. The van der Waals surface area contributed by atoms with Crippen LogP contribution in [0.3, 0.4) is 0 Å². The van der Waals surface area contributed by atoms with Crippen molar-refractivity contribution in [2.45, 2.75) is 6.92 Å². The maximum absolute atomic E-state index is 12.7. The fourth-order valence-corrected chi connectivity index (χ4v) is 3.10. The molecule has 0 aliphatic carbocycles.